The quantitative estimate of drug-likeness (QED) is 0.888. The van der Waals surface area contributed by atoms with Gasteiger partial charge in [0.15, 0.2) is 0 Å². The first-order chi connectivity index (χ1) is 8.58. The zero-order chi connectivity index (χ0) is 14.8. The van der Waals surface area contributed by atoms with E-state index in [9.17, 15) is 18.3 Å². The number of nitrogens with one attached hydrogen (secondary N) is 1. The molecule has 0 saturated heterocycles. The number of hydrogen-bond donors (Lipinski definition) is 2. The zero-order valence-electron chi connectivity index (χ0n) is 10.8. The number of aliphatic hydroxyl groups is 1. The van der Waals surface area contributed by atoms with Crippen LogP contribution >= 0.6 is 0 Å². The van der Waals surface area contributed by atoms with Crippen LogP contribution in [0, 0.1) is 11.3 Å². The predicted molar refractivity (Wildman–Crippen MR) is 65.5 cm³/mol. The van der Waals surface area contributed by atoms with Crippen LogP contribution in [0.15, 0.2) is 18.2 Å². The number of rotatable bonds is 3. The molecule has 3 nitrogen and oxygen atoms in total. The van der Waals surface area contributed by atoms with Gasteiger partial charge in [-0.2, -0.15) is 18.4 Å². The molecule has 1 unspecified atom stereocenters. The Morgan fingerprint density at radius 2 is 1.89 bits per heavy atom. The lowest BCUT2D eigenvalue weighted by Gasteiger charge is -2.31. The first-order valence-corrected chi connectivity index (χ1v) is 5.65. The van der Waals surface area contributed by atoms with Gasteiger partial charge < -0.3 is 10.4 Å². The van der Waals surface area contributed by atoms with E-state index in [1.807, 2.05) is 0 Å². The Labute approximate surface area is 109 Å². The zero-order valence-corrected chi connectivity index (χ0v) is 10.8. The second-order valence-electron chi connectivity index (χ2n) is 4.89. The molecule has 0 radical (unpaired) electrons. The monoisotopic (exact) mass is 272 g/mol. The molecule has 0 aliphatic heterocycles. The third-order valence-electron chi connectivity index (χ3n) is 2.97. The van der Waals surface area contributed by atoms with E-state index in [1.54, 1.807) is 26.8 Å². The largest absolute Gasteiger partial charge is 0.416 e. The molecular weight excluding hydrogens is 257 g/mol. The van der Waals surface area contributed by atoms with Crippen LogP contribution < -0.4 is 5.32 Å². The third-order valence-corrected chi connectivity index (χ3v) is 2.97. The molecule has 1 aromatic carbocycles. The van der Waals surface area contributed by atoms with E-state index >= 15 is 0 Å². The number of nitriles is 1. The van der Waals surface area contributed by atoms with Crippen LogP contribution in [0.25, 0.3) is 0 Å². The Morgan fingerprint density at radius 1 is 1.32 bits per heavy atom. The number of anilines is 1. The topological polar surface area (TPSA) is 56.0 Å². The molecule has 1 rings (SSSR count). The number of benzene rings is 1. The molecule has 19 heavy (non-hydrogen) atoms. The van der Waals surface area contributed by atoms with Crippen LogP contribution in [-0.2, 0) is 6.18 Å². The SMILES string of the molecule is CC(O)C(C)(C)Nc1ccc(C(F)(F)F)cc1C#N. The Balaban J connectivity index is 3.15. The fraction of sp³-hybridized carbons (Fsp3) is 0.462. The van der Waals surface area contributed by atoms with Gasteiger partial charge in [-0.15, -0.1) is 0 Å². The second-order valence-corrected chi connectivity index (χ2v) is 4.89. The van der Waals surface area contributed by atoms with Gasteiger partial charge in [0, 0.05) is 0 Å². The molecule has 0 heterocycles. The summed E-state index contributed by atoms with van der Waals surface area (Å²) in [6, 6.07) is 4.62. The van der Waals surface area contributed by atoms with Gasteiger partial charge in [0.25, 0.3) is 0 Å². The molecule has 104 valence electrons. The molecule has 0 amide bonds. The fourth-order valence-corrected chi connectivity index (χ4v) is 1.37. The average Bonchev–Trinajstić information content (AvgIpc) is 2.27. The lowest BCUT2D eigenvalue weighted by molar-refractivity contribution is -0.137. The maximum atomic E-state index is 12.5. The summed E-state index contributed by atoms with van der Waals surface area (Å²) in [7, 11) is 0. The van der Waals surface area contributed by atoms with Gasteiger partial charge in [0.05, 0.1) is 28.5 Å². The standard InChI is InChI=1S/C13H15F3N2O/c1-8(19)12(2,3)18-11-5-4-10(13(14,15)16)6-9(11)7-17/h4-6,8,18-19H,1-3H3. The van der Waals surface area contributed by atoms with Gasteiger partial charge >= 0.3 is 6.18 Å². The molecule has 2 N–H and O–H groups in total. The lowest BCUT2D eigenvalue weighted by Crippen LogP contribution is -2.42. The Bertz CT molecular complexity index is 502. The van der Waals surface area contributed by atoms with Crippen LogP contribution in [0.5, 0.6) is 0 Å². The second kappa shape index (κ2) is 5.10. The number of aliphatic hydroxyl groups excluding tert-OH is 1. The molecule has 0 aliphatic rings. The maximum Gasteiger partial charge on any atom is 0.416 e. The van der Waals surface area contributed by atoms with Crippen molar-refractivity contribution in [1.82, 2.24) is 0 Å². The van der Waals surface area contributed by atoms with Gasteiger partial charge in [-0.05, 0) is 39.0 Å². The summed E-state index contributed by atoms with van der Waals surface area (Å²) >= 11 is 0. The summed E-state index contributed by atoms with van der Waals surface area (Å²) < 4.78 is 37.6. The maximum absolute atomic E-state index is 12.5. The number of alkyl halides is 3. The first-order valence-electron chi connectivity index (χ1n) is 5.65. The smallest absolute Gasteiger partial charge is 0.391 e. The minimum Gasteiger partial charge on any atom is -0.391 e. The summed E-state index contributed by atoms with van der Waals surface area (Å²) in [6.07, 6.45) is -5.22. The van der Waals surface area contributed by atoms with Crippen molar-refractivity contribution in [2.75, 3.05) is 5.32 Å². The molecule has 1 atom stereocenters. The highest BCUT2D eigenvalue weighted by atomic mass is 19.4. The summed E-state index contributed by atoms with van der Waals surface area (Å²) in [6.45, 7) is 4.94. The molecule has 0 saturated carbocycles. The van der Waals surface area contributed by atoms with Crippen LogP contribution in [0.4, 0.5) is 18.9 Å². The highest BCUT2D eigenvalue weighted by molar-refractivity contribution is 5.60. The van der Waals surface area contributed by atoms with E-state index < -0.39 is 23.4 Å². The normalized spacial score (nSPS) is 13.8. The summed E-state index contributed by atoms with van der Waals surface area (Å²) in [5.41, 5.74) is -1.47. The minimum absolute atomic E-state index is 0.108. The van der Waals surface area contributed by atoms with Crippen molar-refractivity contribution in [3.05, 3.63) is 29.3 Å². The molecule has 1 aromatic rings. The average molecular weight is 272 g/mol. The summed E-state index contributed by atoms with van der Waals surface area (Å²) in [5, 5.41) is 21.4. The summed E-state index contributed by atoms with van der Waals surface area (Å²) in [4.78, 5) is 0. The van der Waals surface area contributed by atoms with E-state index in [0.717, 1.165) is 12.1 Å². The highest BCUT2D eigenvalue weighted by Gasteiger charge is 2.32. The molecule has 0 bridgehead atoms. The molecule has 0 spiro atoms. The van der Waals surface area contributed by atoms with Crippen molar-refractivity contribution in [3.8, 4) is 6.07 Å². The molecule has 0 aromatic heterocycles. The molecular formula is C13H15F3N2O. The van der Waals surface area contributed by atoms with E-state index in [-0.39, 0.29) is 11.3 Å². The van der Waals surface area contributed by atoms with Crippen molar-refractivity contribution in [2.24, 2.45) is 0 Å². The minimum atomic E-state index is -4.48. The van der Waals surface area contributed by atoms with Gasteiger partial charge in [-0.1, -0.05) is 0 Å². The predicted octanol–water partition coefficient (Wildman–Crippen LogP) is 3.15. The Morgan fingerprint density at radius 3 is 2.32 bits per heavy atom. The summed E-state index contributed by atoms with van der Waals surface area (Å²) in [5.74, 6) is 0. The molecule has 6 heteroatoms. The number of hydrogen-bond acceptors (Lipinski definition) is 3. The van der Waals surface area contributed by atoms with E-state index in [0.29, 0.717) is 0 Å². The van der Waals surface area contributed by atoms with Crippen LogP contribution in [0.2, 0.25) is 0 Å². The van der Waals surface area contributed by atoms with Crippen molar-refractivity contribution in [3.63, 3.8) is 0 Å². The highest BCUT2D eigenvalue weighted by Crippen LogP contribution is 2.32. The Kier molecular flexibility index (Phi) is 4.11. The molecule has 0 aliphatic carbocycles. The van der Waals surface area contributed by atoms with Crippen molar-refractivity contribution in [1.29, 1.82) is 5.26 Å². The van der Waals surface area contributed by atoms with E-state index in [1.165, 1.54) is 6.07 Å². The van der Waals surface area contributed by atoms with E-state index in [4.69, 9.17) is 5.26 Å². The first kappa shape index (κ1) is 15.3. The lowest BCUT2D eigenvalue weighted by atomic mass is 9.97. The van der Waals surface area contributed by atoms with Gasteiger partial charge in [-0.25, -0.2) is 0 Å². The molecule has 0 fully saturated rings. The Hall–Kier alpha value is -1.74. The van der Waals surface area contributed by atoms with Crippen molar-refractivity contribution < 1.29 is 18.3 Å². The fourth-order valence-electron chi connectivity index (χ4n) is 1.37. The number of nitrogens with zero attached hydrogens (tertiary/aromatic N) is 1. The van der Waals surface area contributed by atoms with Gasteiger partial charge in [0.1, 0.15) is 6.07 Å². The third kappa shape index (κ3) is 3.61. The van der Waals surface area contributed by atoms with Gasteiger partial charge in [0.2, 0.25) is 0 Å². The van der Waals surface area contributed by atoms with Crippen LogP contribution in [0.3, 0.4) is 0 Å². The number of halogens is 3. The van der Waals surface area contributed by atoms with Crippen LogP contribution in [0.1, 0.15) is 31.9 Å². The van der Waals surface area contributed by atoms with Gasteiger partial charge in [-0.3, -0.25) is 0 Å². The van der Waals surface area contributed by atoms with Crippen molar-refractivity contribution >= 4 is 5.69 Å². The van der Waals surface area contributed by atoms with E-state index in [2.05, 4.69) is 5.32 Å². The van der Waals surface area contributed by atoms with Crippen LogP contribution in [-0.4, -0.2) is 16.7 Å². The van der Waals surface area contributed by atoms with Crippen molar-refractivity contribution in [2.45, 2.75) is 38.6 Å².